The quantitative estimate of drug-likeness (QED) is 0.861. The van der Waals surface area contributed by atoms with E-state index in [0.29, 0.717) is 23.9 Å². The highest BCUT2D eigenvalue weighted by atomic mass is 19.1. The maximum Gasteiger partial charge on any atom is 0.126 e. The number of nitrogens with one attached hydrogen (secondary N) is 1. The molecule has 0 aromatic heterocycles. The lowest BCUT2D eigenvalue weighted by atomic mass is 9.99. The maximum atomic E-state index is 13.8. The Morgan fingerprint density at radius 3 is 2.55 bits per heavy atom. The highest BCUT2D eigenvalue weighted by Crippen LogP contribution is 2.57. The minimum Gasteiger partial charge on any atom is -0.314 e. The Balaban J connectivity index is 1.73. The molecule has 1 N–H and O–H groups in total. The first-order valence-corrected chi connectivity index (χ1v) is 7.88. The molecule has 1 nitrogen and oxygen atoms in total. The van der Waals surface area contributed by atoms with Crippen LogP contribution in [0.15, 0.2) is 18.2 Å². The fraction of sp³-hybridized carbons (Fsp3) is 0.647. The number of halogens is 2. The number of fused-ring (bicyclic) bond motifs is 1. The van der Waals surface area contributed by atoms with E-state index < -0.39 is 0 Å². The van der Waals surface area contributed by atoms with Gasteiger partial charge in [-0.25, -0.2) is 8.78 Å². The van der Waals surface area contributed by atoms with Crippen LogP contribution >= 0.6 is 0 Å². The smallest absolute Gasteiger partial charge is 0.126 e. The van der Waals surface area contributed by atoms with Crippen LogP contribution in [0.1, 0.15) is 38.2 Å². The normalized spacial score (nSPS) is 29.9. The van der Waals surface area contributed by atoms with Crippen LogP contribution in [-0.4, -0.2) is 12.6 Å². The summed E-state index contributed by atoms with van der Waals surface area (Å²) in [7, 11) is 0. The van der Waals surface area contributed by atoms with E-state index in [1.165, 1.54) is 43.9 Å². The van der Waals surface area contributed by atoms with Crippen LogP contribution in [0.25, 0.3) is 0 Å². The molecule has 20 heavy (non-hydrogen) atoms. The van der Waals surface area contributed by atoms with Gasteiger partial charge in [0.15, 0.2) is 0 Å². The molecule has 2 fully saturated rings. The summed E-state index contributed by atoms with van der Waals surface area (Å²) < 4.78 is 27.1. The third-order valence-corrected chi connectivity index (χ3v) is 5.10. The molecule has 110 valence electrons. The van der Waals surface area contributed by atoms with Crippen LogP contribution in [0.4, 0.5) is 8.78 Å². The van der Waals surface area contributed by atoms with Crippen molar-refractivity contribution in [3.8, 4) is 0 Å². The summed E-state index contributed by atoms with van der Waals surface area (Å²) >= 11 is 0. The van der Waals surface area contributed by atoms with Gasteiger partial charge in [0.25, 0.3) is 0 Å². The molecule has 3 heteroatoms. The van der Waals surface area contributed by atoms with Crippen molar-refractivity contribution in [1.29, 1.82) is 0 Å². The zero-order valence-corrected chi connectivity index (χ0v) is 12.0. The van der Waals surface area contributed by atoms with E-state index in [1.807, 2.05) is 0 Å². The molecular weight excluding hydrogens is 256 g/mol. The van der Waals surface area contributed by atoms with Crippen LogP contribution in [-0.2, 0) is 6.42 Å². The van der Waals surface area contributed by atoms with Gasteiger partial charge < -0.3 is 5.32 Å². The SMILES string of the molecule is CCNC(Cc1cc(F)ccc1F)C1C2CCCCC21. The van der Waals surface area contributed by atoms with Gasteiger partial charge >= 0.3 is 0 Å². The highest BCUT2D eigenvalue weighted by molar-refractivity contribution is 5.21. The summed E-state index contributed by atoms with van der Waals surface area (Å²) in [5, 5.41) is 3.51. The molecule has 3 atom stereocenters. The van der Waals surface area contributed by atoms with Crippen molar-refractivity contribution in [3.05, 3.63) is 35.4 Å². The molecule has 3 unspecified atom stereocenters. The summed E-state index contributed by atoms with van der Waals surface area (Å²) in [5.74, 6) is 1.69. The fourth-order valence-electron chi connectivity index (χ4n) is 4.19. The zero-order chi connectivity index (χ0) is 14.1. The van der Waals surface area contributed by atoms with Crippen LogP contribution in [0.2, 0.25) is 0 Å². The minimum absolute atomic E-state index is 0.280. The second-order valence-corrected chi connectivity index (χ2v) is 6.29. The number of hydrogen-bond donors (Lipinski definition) is 1. The summed E-state index contributed by atoms with van der Waals surface area (Å²) in [6.45, 7) is 2.97. The number of rotatable bonds is 5. The van der Waals surface area contributed by atoms with Crippen LogP contribution in [0.3, 0.4) is 0 Å². The number of hydrogen-bond acceptors (Lipinski definition) is 1. The molecule has 1 aromatic rings. The Labute approximate surface area is 119 Å². The predicted octanol–water partition coefficient (Wildman–Crippen LogP) is 3.92. The van der Waals surface area contributed by atoms with E-state index in [-0.39, 0.29) is 11.6 Å². The van der Waals surface area contributed by atoms with Crippen molar-refractivity contribution in [3.63, 3.8) is 0 Å². The summed E-state index contributed by atoms with van der Waals surface area (Å²) in [4.78, 5) is 0. The molecule has 0 heterocycles. The van der Waals surface area contributed by atoms with Crippen LogP contribution < -0.4 is 5.32 Å². The van der Waals surface area contributed by atoms with E-state index in [4.69, 9.17) is 0 Å². The van der Waals surface area contributed by atoms with Crippen molar-refractivity contribution in [2.24, 2.45) is 17.8 Å². The zero-order valence-electron chi connectivity index (χ0n) is 12.0. The second-order valence-electron chi connectivity index (χ2n) is 6.29. The Kier molecular flexibility index (Phi) is 4.06. The minimum atomic E-state index is -0.343. The molecule has 2 aliphatic rings. The van der Waals surface area contributed by atoms with Gasteiger partial charge in [-0.2, -0.15) is 0 Å². The molecule has 0 bridgehead atoms. The van der Waals surface area contributed by atoms with Crippen molar-refractivity contribution >= 4 is 0 Å². The molecule has 0 spiro atoms. The molecule has 3 rings (SSSR count). The first-order valence-electron chi connectivity index (χ1n) is 7.88. The Morgan fingerprint density at radius 2 is 1.90 bits per heavy atom. The van der Waals surface area contributed by atoms with E-state index in [2.05, 4.69) is 12.2 Å². The third kappa shape index (κ3) is 2.73. The Bertz CT molecular complexity index is 462. The van der Waals surface area contributed by atoms with Gasteiger partial charge in [0.2, 0.25) is 0 Å². The Morgan fingerprint density at radius 1 is 1.20 bits per heavy atom. The third-order valence-electron chi connectivity index (χ3n) is 5.10. The monoisotopic (exact) mass is 279 g/mol. The number of benzene rings is 1. The van der Waals surface area contributed by atoms with Crippen LogP contribution in [0.5, 0.6) is 0 Å². The van der Waals surface area contributed by atoms with Crippen molar-refractivity contribution in [1.82, 2.24) is 5.32 Å². The fourth-order valence-corrected chi connectivity index (χ4v) is 4.19. The average molecular weight is 279 g/mol. The summed E-state index contributed by atoms with van der Waals surface area (Å²) in [5.41, 5.74) is 0.514. The van der Waals surface area contributed by atoms with Gasteiger partial charge in [0.05, 0.1) is 0 Å². The predicted molar refractivity (Wildman–Crippen MR) is 76.5 cm³/mol. The van der Waals surface area contributed by atoms with Crippen LogP contribution in [0, 0.1) is 29.4 Å². The van der Waals surface area contributed by atoms with E-state index in [9.17, 15) is 8.78 Å². The molecule has 1 aromatic carbocycles. The van der Waals surface area contributed by atoms with Crippen molar-refractivity contribution < 1.29 is 8.78 Å². The first kappa shape index (κ1) is 14.0. The second kappa shape index (κ2) is 5.80. The average Bonchev–Trinajstić information content (AvgIpc) is 3.16. The molecular formula is C17H23F2N. The van der Waals surface area contributed by atoms with Gasteiger partial charge in [-0.1, -0.05) is 19.8 Å². The first-order chi connectivity index (χ1) is 9.70. The van der Waals surface area contributed by atoms with Gasteiger partial charge in [-0.15, -0.1) is 0 Å². The van der Waals surface area contributed by atoms with Gasteiger partial charge in [-0.05, 0) is 67.3 Å². The highest BCUT2D eigenvalue weighted by Gasteiger charge is 2.53. The van der Waals surface area contributed by atoms with E-state index in [0.717, 1.165) is 18.4 Å². The van der Waals surface area contributed by atoms with Crippen molar-refractivity contribution in [2.75, 3.05) is 6.54 Å². The van der Waals surface area contributed by atoms with Gasteiger partial charge in [0, 0.05) is 6.04 Å². The van der Waals surface area contributed by atoms with Gasteiger partial charge in [-0.3, -0.25) is 0 Å². The molecule has 0 radical (unpaired) electrons. The maximum absolute atomic E-state index is 13.8. The van der Waals surface area contributed by atoms with Gasteiger partial charge in [0.1, 0.15) is 11.6 Å². The summed E-state index contributed by atoms with van der Waals surface area (Å²) in [6, 6.07) is 4.08. The molecule has 0 saturated heterocycles. The summed E-state index contributed by atoms with van der Waals surface area (Å²) in [6.07, 6.45) is 5.93. The molecule has 0 aliphatic heterocycles. The lowest BCUT2D eigenvalue weighted by molar-refractivity contribution is 0.429. The largest absolute Gasteiger partial charge is 0.314 e. The standard InChI is InChI=1S/C17H23F2N/c1-2-20-16(17-13-5-3-4-6-14(13)17)10-11-9-12(18)7-8-15(11)19/h7-9,13-14,16-17,20H,2-6,10H2,1H3. The number of likely N-dealkylation sites (N-methyl/N-ethyl adjacent to an activating group) is 1. The van der Waals surface area contributed by atoms with E-state index in [1.54, 1.807) is 0 Å². The molecule has 0 amide bonds. The van der Waals surface area contributed by atoms with Crippen molar-refractivity contribution in [2.45, 2.75) is 45.1 Å². The topological polar surface area (TPSA) is 12.0 Å². The Hall–Kier alpha value is -0.960. The molecule has 2 saturated carbocycles. The lowest BCUT2D eigenvalue weighted by Gasteiger charge is -2.19. The lowest BCUT2D eigenvalue weighted by Crippen LogP contribution is -2.34. The molecule has 2 aliphatic carbocycles. The van der Waals surface area contributed by atoms with E-state index >= 15 is 0 Å².